The van der Waals surface area contributed by atoms with E-state index in [9.17, 15) is 4.39 Å². The zero-order valence-corrected chi connectivity index (χ0v) is 8.11. The van der Waals surface area contributed by atoms with Crippen LogP contribution in [0.15, 0.2) is 30.6 Å². The molecule has 0 saturated heterocycles. The van der Waals surface area contributed by atoms with Gasteiger partial charge in [-0.15, -0.1) is 0 Å². The van der Waals surface area contributed by atoms with Gasteiger partial charge in [-0.3, -0.25) is 0 Å². The minimum atomic E-state index is -0.433. The number of rotatable bonds is 1. The first kappa shape index (κ1) is 9.41. The van der Waals surface area contributed by atoms with Crippen LogP contribution in [-0.4, -0.2) is 9.78 Å². The van der Waals surface area contributed by atoms with Gasteiger partial charge in [0, 0.05) is 6.20 Å². The largest absolute Gasteiger partial charge is 0.241 e. The summed E-state index contributed by atoms with van der Waals surface area (Å²) < 4.78 is 14.7. The van der Waals surface area contributed by atoms with E-state index in [1.54, 1.807) is 23.1 Å². The molecule has 2 rings (SSSR count). The summed E-state index contributed by atoms with van der Waals surface area (Å²) in [4.78, 5) is 0. The highest BCUT2D eigenvalue weighted by atomic mass is 19.1. The predicted molar refractivity (Wildman–Crippen MR) is 53.0 cm³/mol. The molecular weight excluding hydrogens is 193 g/mol. The Labute approximate surface area is 86.4 Å². The van der Waals surface area contributed by atoms with Crippen LogP contribution in [0.2, 0.25) is 0 Å². The van der Waals surface area contributed by atoms with E-state index in [-0.39, 0.29) is 5.56 Å². The second kappa shape index (κ2) is 3.54. The lowest BCUT2D eigenvalue weighted by Crippen LogP contribution is -1.95. The maximum atomic E-state index is 13.1. The normalized spacial score (nSPS) is 9.93. The highest BCUT2D eigenvalue weighted by Crippen LogP contribution is 2.12. The van der Waals surface area contributed by atoms with Gasteiger partial charge in [0.05, 0.1) is 23.5 Å². The summed E-state index contributed by atoms with van der Waals surface area (Å²) in [7, 11) is 0. The fraction of sp³-hybridized carbons (Fsp3) is 0.0909. The van der Waals surface area contributed by atoms with Crippen LogP contribution in [0, 0.1) is 24.1 Å². The molecule has 0 spiro atoms. The lowest BCUT2D eigenvalue weighted by molar-refractivity contribution is 0.625. The Hall–Kier alpha value is -2.15. The molecule has 1 aromatic heterocycles. The summed E-state index contributed by atoms with van der Waals surface area (Å²) >= 11 is 0. The first-order valence-electron chi connectivity index (χ1n) is 4.41. The van der Waals surface area contributed by atoms with Crippen LogP contribution < -0.4 is 0 Å². The summed E-state index contributed by atoms with van der Waals surface area (Å²) in [6.45, 7) is 1.90. The Balaban J connectivity index is 2.54. The monoisotopic (exact) mass is 201 g/mol. The van der Waals surface area contributed by atoms with E-state index in [1.807, 2.05) is 13.0 Å². The average Bonchev–Trinajstić information content (AvgIpc) is 2.64. The molecule has 0 bridgehead atoms. The third-order valence-electron chi connectivity index (χ3n) is 1.99. The van der Waals surface area contributed by atoms with Crippen molar-refractivity contribution in [2.45, 2.75) is 6.92 Å². The fourth-order valence-corrected chi connectivity index (χ4v) is 1.32. The van der Waals surface area contributed by atoms with Crippen LogP contribution >= 0.6 is 0 Å². The zero-order chi connectivity index (χ0) is 10.8. The average molecular weight is 201 g/mol. The highest BCUT2D eigenvalue weighted by Gasteiger charge is 2.03. The van der Waals surface area contributed by atoms with Crippen LogP contribution in [0.25, 0.3) is 5.69 Å². The molecule has 0 fully saturated rings. The molecule has 0 amide bonds. The van der Waals surface area contributed by atoms with E-state index in [0.717, 1.165) is 5.56 Å². The van der Waals surface area contributed by atoms with Gasteiger partial charge in [0.15, 0.2) is 0 Å². The molecule has 4 heteroatoms. The molecule has 0 atom stereocenters. The molecule has 1 heterocycles. The number of aryl methyl sites for hydroxylation is 1. The van der Waals surface area contributed by atoms with Crippen molar-refractivity contribution in [3.8, 4) is 11.8 Å². The highest BCUT2D eigenvalue weighted by molar-refractivity contribution is 5.41. The van der Waals surface area contributed by atoms with Crippen LogP contribution in [-0.2, 0) is 0 Å². The summed E-state index contributed by atoms with van der Waals surface area (Å²) in [5, 5.41) is 12.7. The van der Waals surface area contributed by atoms with Gasteiger partial charge < -0.3 is 0 Å². The van der Waals surface area contributed by atoms with E-state index in [0.29, 0.717) is 5.69 Å². The lowest BCUT2D eigenvalue weighted by atomic mass is 10.2. The minimum absolute atomic E-state index is 0.290. The zero-order valence-electron chi connectivity index (χ0n) is 8.11. The topological polar surface area (TPSA) is 41.6 Å². The molecule has 0 N–H and O–H groups in total. The summed E-state index contributed by atoms with van der Waals surface area (Å²) in [6.07, 6.45) is 3.45. The molecule has 0 saturated carbocycles. The number of aromatic nitrogens is 2. The predicted octanol–water partition coefficient (Wildman–Crippen LogP) is 2.19. The molecule has 3 nitrogen and oxygen atoms in total. The summed E-state index contributed by atoms with van der Waals surface area (Å²) in [6, 6.07) is 6.03. The van der Waals surface area contributed by atoms with Gasteiger partial charge in [-0.2, -0.15) is 10.4 Å². The first-order valence-corrected chi connectivity index (χ1v) is 4.41. The van der Waals surface area contributed by atoms with Gasteiger partial charge in [0.25, 0.3) is 0 Å². The van der Waals surface area contributed by atoms with Crippen molar-refractivity contribution in [1.29, 1.82) is 5.26 Å². The molecular formula is C11H8FN3. The molecule has 2 aromatic rings. The maximum absolute atomic E-state index is 13.1. The van der Waals surface area contributed by atoms with Gasteiger partial charge in [-0.25, -0.2) is 9.07 Å². The van der Waals surface area contributed by atoms with Gasteiger partial charge in [0.2, 0.25) is 0 Å². The van der Waals surface area contributed by atoms with Crippen molar-refractivity contribution in [2.75, 3.05) is 0 Å². The second-order valence-corrected chi connectivity index (χ2v) is 3.27. The fourth-order valence-electron chi connectivity index (χ4n) is 1.32. The van der Waals surface area contributed by atoms with E-state index in [1.165, 1.54) is 12.1 Å². The van der Waals surface area contributed by atoms with Crippen LogP contribution in [0.3, 0.4) is 0 Å². The molecule has 74 valence electrons. The van der Waals surface area contributed by atoms with Gasteiger partial charge in [0.1, 0.15) is 5.82 Å². The summed E-state index contributed by atoms with van der Waals surface area (Å²) in [5.74, 6) is -0.433. The number of nitrogens with zero attached hydrogens (tertiary/aromatic N) is 3. The molecule has 15 heavy (non-hydrogen) atoms. The molecule has 0 unspecified atom stereocenters. The van der Waals surface area contributed by atoms with Gasteiger partial charge in [-0.1, -0.05) is 0 Å². The van der Waals surface area contributed by atoms with Crippen LogP contribution in [0.5, 0.6) is 0 Å². The van der Waals surface area contributed by atoms with Crippen molar-refractivity contribution in [3.05, 3.63) is 47.5 Å². The number of hydrogen-bond acceptors (Lipinski definition) is 2. The summed E-state index contributed by atoms with van der Waals surface area (Å²) in [5.41, 5.74) is 1.83. The third-order valence-corrected chi connectivity index (χ3v) is 1.99. The van der Waals surface area contributed by atoms with Crippen molar-refractivity contribution in [3.63, 3.8) is 0 Å². The third kappa shape index (κ3) is 1.86. The smallest absolute Gasteiger partial charge is 0.126 e. The number of hydrogen-bond donors (Lipinski definition) is 0. The Bertz CT molecular complexity index is 537. The van der Waals surface area contributed by atoms with E-state index < -0.39 is 5.82 Å². The Morgan fingerprint density at radius 3 is 2.80 bits per heavy atom. The molecule has 0 aliphatic heterocycles. The number of nitriles is 1. The van der Waals surface area contributed by atoms with Crippen molar-refractivity contribution >= 4 is 0 Å². The number of halogens is 1. The van der Waals surface area contributed by atoms with Gasteiger partial charge >= 0.3 is 0 Å². The second-order valence-electron chi connectivity index (χ2n) is 3.27. The van der Waals surface area contributed by atoms with Gasteiger partial charge in [-0.05, 0) is 30.7 Å². The van der Waals surface area contributed by atoms with Crippen LogP contribution in [0.1, 0.15) is 11.1 Å². The first-order chi connectivity index (χ1) is 7.19. The Morgan fingerprint density at radius 1 is 1.40 bits per heavy atom. The van der Waals surface area contributed by atoms with E-state index in [4.69, 9.17) is 5.26 Å². The molecule has 0 radical (unpaired) electrons. The van der Waals surface area contributed by atoms with Crippen molar-refractivity contribution in [2.24, 2.45) is 0 Å². The molecule has 0 aliphatic rings. The minimum Gasteiger partial charge on any atom is -0.241 e. The van der Waals surface area contributed by atoms with E-state index in [2.05, 4.69) is 5.10 Å². The lowest BCUT2D eigenvalue weighted by Gasteiger charge is -2.01. The van der Waals surface area contributed by atoms with Crippen molar-refractivity contribution < 1.29 is 4.39 Å². The molecule has 0 aliphatic carbocycles. The quantitative estimate of drug-likeness (QED) is 0.709. The van der Waals surface area contributed by atoms with E-state index >= 15 is 0 Å². The number of benzene rings is 1. The molecule has 1 aromatic carbocycles. The Kier molecular flexibility index (Phi) is 2.22. The van der Waals surface area contributed by atoms with Crippen LogP contribution in [0.4, 0.5) is 4.39 Å². The standard InChI is InChI=1S/C11H8FN3/c1-8-6-14-15(7-8)11-3-9(5-13)2-10(12)4-11/h2-4,6-7H,1H3. The Morgan fingerprint density at radius 2 is 2.20 bits per heavy atom. The van der Waals surface area contributed by atoms with Crippen molar-refractivity contribution in [1.82, 2.24) is 9.78 Å². The SMILES string of the molecule is Cc1cnn(-c2cc(F)cc(C#N)c2)c1. The maximum Gasteiger partial charge on any atom is 0.126 e.